The van der Waals surface area contributed by atoms with Gasteiger partial charge in [-0.15, -0.1) is 0 Å². The van der Waals surface area contributed by atoms with E-state index in [0.29, 0.717) is 17.3 Å². The van der Waals surface area contributed by atoms with Crippen LogP contribution in [0.4, 0.5) is 5.82 Å². The quantitative estimate of drug-likeness (QED) is 0.812. The summed E-state index contributed by atoms with van der Waals surface area (Å²) in [6, 6.07) is 4.43. The van der Waals surface area contributed by atoms with Crippen molar-refractivity contribution in [3.05, 3.63) is 34.5 Å². The molecule has 1 N–H and O–H groups in total. The fraction of sp³-hybridized carbons (Fsp3) is 0.312. The molecule has 0 fully saturated rings. The van der Waals surface area contributed by atoms with Crippen LogP contribution in [0.15, 0.2) is 22.7 Å². The molecule has 0 bridgehead atoms. The highest BCUT2D eigenvalue weighted by molar-refractivity contribution is 6.32. The largest absolute Gasteiger partial charge is 0.454 e. The molecule has 1 unspecified atom stereocenters. The van der Waals surface area contributed by atoms with Gasteiger partial charge < -0.3 is 24.1 Å². The fourth-order valence-corrected chi connectivity index (χ4v) is 2.50. The first-order chi connectivity index (χ1) is 12.0. The van der Waals surface area contributed by atoms with Crippen LogP contribution in [0.2, 0.25) is 5.02 Å². The summed E-state index contributed by atoms with van der Waals surface area (Å²) in [5.74, 6) is 0.340. The number of aromatic nitrogens is 1. The number of rotatable bonds is 5. The predicted molar refractivity (Wildman–Crippen MR) is 86.9 cm³/mol. The van der Waals surface area contributed by atoms with Gasteiger partial charge in [-0.2, -0.15) is 0 Å². The van der Waals surface area contributed by atoms with Crippen molar-refractivity contribution in [1.82, 2.24) is 5.16 Å². The lowest BCUT2D eigenvalue weighted by atomic mass is 10.2. The minimum absolute atomic E-state index is 0.0324. The zero-order chi connectivity index (χ0) is 18.0. The van der Waals surface area contributed by atoms with Crippen LogP contribution >= 0.6 is 11.6 Å². The van der Waals surface area contributed by atoms with Crippen LogP contribution in [-0.2, 0) is 9.53 Å². The third-order valence-corrected chi connectivity index (χ3v) is 3.74. The zero-order valence-corrected chi connectivity index (χ0v) is 14.3. The second-order valence-corrected chi connectivity index (χ2v) is 5.71. The molecule has 8 nitrogen and oxygen atoms in total. The molecule has 132 valence electrons. The maximum Gasteiger partial charge on any atom is 0.339 e. The monoisotopic (exact) mass is 366 g/mol. The Morgan fingerprint density at radius 1 is 1.36 bits per heavy atom. The van der Waals surface area contributed by atoms with Gasteiger partial charge in [0, 0.05) is 6.07 Å². The van der Waals surface area contributed by atoms with E-state index in [1.54, 1.807) is 19.9 Å². The Balaban J connectivity index is 1.70. The van der Waals surface area contributed by atoms with Crippen molar-refractivity contribution in [3.8, 4) is 11.5 Å². The molecule has 1 aliphatic heterocycles. The summed E-state index contributed by atoms with van der Waals surface area (Å²) in [6.45, 7) is 3.45. The number of anilines is 1. The number of esters is 1. The van der Waals surface area contributed by atoms with Crippen LogP contribution in [0.3, 0.4) is 0 Å². The molecule has 25 heavy (non-hydrogen) atoms. The van der Waals surface area contributed by atoms with Gasteiger partial charge in [-0.3, -0.25) is 4.79 Å². The maximum atomic E-state index is 12.3. The summed E-state index contributed by atoms with van der Waals surface area (Å²) < 4.78 is 20.6. The first-order valence-electron chi connectivity index (χ1n) is 7.52. The number of amides is 1. The number of ether oxygens (including phenoxy) is 3. The third kappa shape index (κ3) is 3.69. The van der Waals surface area contributed by atoms with Gasteiger partial charge in [0.1, 0.15) is 5.76 Å². The van der Waals surface area contributed by atoms with E-state index in [-0.39, 0.29) is 29.6 Å². The molecule has 1 aliphatic rings. The minimum Gasteiger partial charge on any atom is -0.454 e. The Labute approximate surface area is 148 Å². The highest BCUT2D eigenvalue weighted by atomic mass is 35.5. The zero-order valence-electron chi connectivity index (χ0n) is 13.5. The van der Waals surface area contributed by atoms with E-state index < -0.39 is 18.0 Å². The van der Waals surface area contributed by atoms with E-state index in [1.165, 1.54) is 12.1 Å². The standard InChI is InChI=1S/C16H15ClN2O6/c1-3-11(15(20)18-13-4-8(2)25-19-13)24-16(21)9-5-10(17)14-12(6-9)22-7-23-14/h4-6,11H,3,7H2,1-2H3,(H,18,19,20). The van der Waals surface area contributed by atoms with E-state index in [0.717, 1.165) is 0 Å². The molecule has 9 heteroatoms. The molecular formula is C16H15ClN2O6. The van der Waals surface area contributed by atoms with Crippen molar-refractivity contribution in [1.29, 1.82) is 0 Å². The predicted octanol–water partition coefficient (Wildman–Crippen LogP) is 2.94. The summed E-state index contributed by atoms with van der Waals surface area (Å²) in [7, 11) is 0. The molecule has 1 aromatic carbocycles. The highest BCUT2D eigenvalue weighted by Gasteiger charge is 2.26. The Morgan fingerprint density at radius 2 is 2.16 bits per heavy atom. The molecule has 1 aromatic heterocycles. The summed E-state index contributed by atoms with van der Waals surface area (Å²) >= 11 is 6.05. The number of halogens is 1. The van der Waals surface area contributed by atoms with Crippen LogP contribution < -0.4 is 14.8 Å². The average molecular weight is 367 g/mol. The van der Waals surface area contributed by atoms with Crippen molar-refractivity contribution < 1.29 is 28.3 Å². The number of hydrogen-bond acceptors (Lipinski definition) is 7. The normalized spacial score (nSPS) is 13.4. The molecule has 0 aliphatic carbocycles. The van der Waals surface area contributed by atoms with Crippen molar-refractivity contribution in [2.24, 2.45) is 0 Å². The van der Waals surface area contributed by atoms with Gasteiger partial charge in [0.25, 0.3) is 5.91 Å². The molecule has 0 spiro atoms. The van der Waals surface area contributed by atoms with Crippen LogP contribution in [0, 0.1) is 6.92 Å². The van der Waals surface area contributed by atoms with E-state index in [2.05, 4.69) is 10.5 Å². The van der Waals surface area contributed by atoms with Crippen LogP contribution in [0.5, 0.6) is 11.5 Å². The van der Waals surface area contributed by atoms with Gasteiger partial charge in [-0.25, -0.2) is 4.79 Å². The van der Waals surface area contributed by atoms with E-state index in [9.17, 15) is 9.59 Å². The molecule has 0 saturated heterocycles. The number of aryl methyl sites for hydroxylation is 1. The van der Waals surface area contributed by atoms with Gasteiger partial charge in [0.05, 0.1) is 10.6 Å². The number of hydrogen-bond donors (Lipinski definition) is 1. The lowest BCUT2D eigenvalue weighted by molar-refractivity contribution is -0.124. The SMILES string of the molecule is CCC(OC(=O)c1cc(Cl)c2c(c1)OCO2)C(=O)Nc1cc(C)on1. The van der Waals surface area contributed by atoms with Gasteiger partial charge in [0.2, 0.25) is 6.79 Å². The van der Waals surface area contributed by atoms with Gasteiger partial charge in [-0.05, 0) is 25.5 Å². The first kappa shape index (κ1) is 17.1. The Kier molecular flexibility index (Phi) is 4.80. The molecule has 0 saturated carbocycles. The topological polar surface area (TPSA) is 99.9 Å². The lowest BCUT2D eigenvalue weighted by Crippen LogP contribution is -2.32. The number of benzene rings is 1. The smallest absolute Gasteiger partial charge is 0.339 e. The van der Waals surface area contributed by atoms with Gasteiger partial charge in [-0.1, -0.05) is 23.7 Å². The second-order valence-electron chi connectivity index (χ2n) is 5.31. The summed E-state index contributed by atoms with van der Waals surface area (Å²) in [5, 5.41) is 6.43. The molecule has 3 rings (SSSR count). The Hall–Kier alpha value is -2.74. The number of carbonyl (C=O) groups is 2. The van der Waals surface area contributed by atoms with E-state index in [1.807, 2.05) is 0 Å². The van der Waals surface area contributed by atoms with Gasteiger partial charge in [0.15, 0.2) is 23.4 Å². The van der Waals surface area contributed by atoms with Crippen molar-refractivity contribution in [2.45, 2.75) is 26.4 Å². The second kappa shape index (κ2) is 7.02. The van der Waals surface area contributed by atoms with Crippen LogP contribution in [0.1, 0.15) is 29.5 Å². The summed E-state index contributed by atoms with van der Waals surface area (Å²) in [4.78, 5) is 24.6. The third-order valence-electron chi connectivity index (χ3n) is 3.45. The van der Waals surface area contributed by atoms with Crippen LogP contribution in [0.25, 0.3) is 0 Å². The maximum absolute atomic E-state index is 12.3. The Bertz CT molecular complexity index is 819. The van der Waals surface area contributed by atoms with Crippen LogP contribution in [-0.4, -0.2) is 29.9 Å². The first-order valence-corrected chi connectivity index (χ1v) is 7.90. The van der Waals surface area contributed by atoms with Gasteiger partial charge >= 0.3 is 5.97 Å². The average Bonchev–Trinajstić information content (AvgIpc) is 3.21. The number of nitrogens with one attached hydrogen (secondary N) is 1. The highest BCUT2D eigenvalue weighted by Crippen LogP contribution is 2.40. The molecule has 2 aromatic rings. The molecule has 2 heterocycles. The summed E-state index contributed by atoms with van der Waals surface area (Å²) in [6.07, 6.45) is -0.708. The molecule has 1 atom stereocenters. The molecule has 1 amide bonds. The molecule has 0 radical (unpaired) electrons. The van der Waals surface area contributed by atoms with E-state index in [4.69, 9.17) is 30.3 Å². The number of carbonyl (C=O) groups excluding carboxylic acids is 2. The van der Waals surface area contributed by atoms with E-state index >= 15 is 0 Å². The number of fused-ring (bicyclic) bond motifs is 1. The fourth-order valence-electron chi connectivity index (χ4n) is 2.24. The Morgan fingerprint density at radius 3 is 2.84 bits per heavy atom. The number of nitrogens with zero attached hydrogens (tertiary/aromatic N) is 1. The minimum atomic E-state index is -0.992. The summed E-state index contributed by atoms with van der Waals surface area (Å²) in [5.41, 5.74) is 0.165. The van der Waals surface area contributed by atoms with Crippen molar-refractivity contribution >= 4 is 29.3 Å². The van der Waals surface area contributed by atoms with Crippen molar-refractivity contribution in [3.63, 3.8) is 0 Å². The lowest BCUT2D eigenvalue weighted by Gasteiger charge is -2.15. The molecular weight excluding hydrogens is 352 g/mol. The van der Waals surface area contributed by atoms with Crippen molar-refractivity contribution in [2.75, 3.05) is 12.1 Å².